The van der Waals surface area contributed by atoms with Crippen LogP contribution < -0.4 is 0 Å². The van der Waals surface area contributed by atoms with Crippen LogP contribution in [0.2, 0.25) is 0 Å². The second-order valence-electron chi connectivity index (χ2n) is 7.73. The number of carbonyl (C=O) groups excluding carboxylic acids is 1. The van der Waals surface area contributed by atoms with Crippen molar-refractivity contribution >= 4 is 5.97 Å². The molecule has 4 aliphatic carbocycles. The van der Waals surface area contributed by atoms with Crippen LogP contribution in [0.1, 0.15) is 65.7 Å². The number of hydrogen-bond acceptors (Lipinski definition) is 2. The maximum absolute atomic E-state index is 12.4. The molecule has 0 aromatic carbocycles. The molecule has 4 aliphatic rings. The second-order valence-corrected chi connectivity index (χ2v) is 7.73. The van der Waals surface area contributed by atoms with Gasteiger partial charge in [0.15, 0.2) is 0 Å². The fraction of sp³-hybridized carbons (Fsp3) is 0.938. The van der Waals surface area contributed by atoms with Crippen molar-refractivity contribution < 1.29 is 9.53 Å². The Morgan fingerprint density at radius 2 is 1.56 bits per heavy atom. The van der Waals surface area contributed by atoms with Crippen molar-refractivity contribution in [3.63, 3.8) is 0 Å². The van der Waals surface area contributed by atoms with Gasteiger partial charge in [0.2, 0.25) is 0 Å². The molecule has 0 N–H and O–H groups in total. The minimum absolute atomic E-state index is 0.0342. The summed E-state index contributed by atoms with van der Waals surface area (Å²) >= 11 is 0. The molecule has 0 saturated heterocycles. The molecular weight excluding hydrogens is 224 g/mol. The van der Waals surface area contributed by atoms with Crippen LogP contribution in [0.4, 0.5) is 0 Å². The van der Waals surface area contributed by atoms with Crippen LogP contribution >= 0.6 is 0 Å². The molecule has 102 valence electrons. The van der Waals surface area contributed by atoms with Gasteiger partial charge >= 0.3 is 5.97 Å². The summed E-state index contributed by atoms with van der Waals surface area (Å²) < 4.78 is 6.07. The zero-order valence-electron chi connectivity index (χ0n) is 12.0. The van der Waals surface area contributed by atoms with Crippen molar-refractivity contribution in [2.45, 2.75) is 71.3 Å². The zero-order valence-corrected chi connectivity index (χ0v) is 12.0. The molecule has 0 spiro atoms. The summed E-state index contributed by atoms with van der Waals surface area (Å²) in [5.74, 6) is 2.56. The van der Waals surface area contributed by atoms with Gasteiger partial charge < -0.3 is 4.74 Å². The number of ether oxygens (including phenoxy) is 1. The van der Waals surface area contributed by atoms with E-state index in [1.165, 1.54) is 19.3 Å². The van der Waals surface area contributed by atoms with Gasteiger partial charge in [-0.15, -0.1) is 0 Å². The Labute approximate surface area is 110 Å². The molecule has 4 rings (SSSR count). The first kappa shape index (κ1) is 12.5. The summed E-state index contributed by atoms with van der Waals surface area (Å²) in [6, 6.07) is 0. The highest BCUT2D eigenvalue weighted by atomic mass is 16.6. The maximum atomic E-state index is 12.4. The molecule has 2 nitrogen and oxygen atoms in total. The Hall–Kier alpha value is -0.530. The standard InChI is InChI=1S/C16H26O2/c1-4-15(2,3)14(17)18-16-8-11-5-12(9-16)7-13(6-11)10-16/h11-13H,4-10H2,1-3H3. The minimum Gasteiger partial charge on any atom is -0.459 e. The maximum Gasteiger partial charge on any atom is 0.312 e. The van der Waals surface area contributed by atoms with Crippen molar-refractivity contribution in [2.24, 2.45) is 23.2 Å². The van der Waals surface area contributed by atoms with E-state index >= 15 is 0 Å². The van der Waals surface area contributed by atoms with Crippen molar-refractivity contribution in [2.75, 3.05) is 0 Å². The van der Waals surface area contributed by atoms with Crippen LogP contribution in [-0.2, 0) is 9.53 Å². The largest absolute Gasteiger partial charge is 0.459 e. The van der Waals surface area contributed by atoms with Gasteiger partial charge in [0.25, 0.3) is 0 Å². The summed E-state index contributed by atoms with van der Waals surface area (Å²) in [5, 5.41) is 0. The summed E-state index contributed by atoms with van der Waals surface area (Å²) in [6.07, 6.45) is 8.48. The van der Waals surface area contributed by atoms with E-state index in [9.17, 15) is 4.79 Å². The van der Waals surface area contributed by atoms with E-state index < -0.39 is 0 Å². The lowest BCUT2D eigenvalue weighted by Crippen LogP contribution is -2.53. The van der Waals surface area contributed by atoms with Gasteiger partial charge in [0, 0.05) is 0 Å². The van der Waals surface area contributed by atoms with E-state index in [2.05, 4.69) is 6.92 Å². The third kappa shape index (κ3) is 1.98. The van der Waals surface area contributed by atoms with Crippen LogP contribution in [0.15, 0.2) is 0 Å². The molecule has 0 aromatic rings. The molecule has 0 radical (unpaired) electrons. The van der Waals surface area contributed by atoms with Crippen molar-refractivity contribution in [1.82, 2.24) is 0 Å². The zero-order chi connectivity index (χ0) is 13.0. The topological polar surface area (TPSA) is 26.3 Å². The number of rotatable bonds is 3. The molecule has 0 heterocycles. The Kier molecular flexibility index (Phi) is 2.76. The summed E-state index contributed by atoms with van der Waals surface area (Å²) in [5.41, 5.74) is -0.387. The highest BCUT2D eigenvalue weighted by Gasteiger charge is 2.53. The van der Waals surface area contributed by atoms with Crippen molar-refractivity contribution in [3.8, 4) is 0 Å². The molecule has 0 amide bonds. The molecule has 18 heavy (non-hydrogen) atoms. The molecule has 4 bridgehead atoms. The predicted molar refractivity (Wildman–Crippen MR) is 71.1 cm³/mol. The minimum atomic E-state index is -0.316. The van der Waals surface area contributed by atoms with Crippen LogP contribution in [0.25, 0.3) is 0 Å². The third-order valence-corrected chi connectivity index (χ3v) is 5.73. The molecule has 0 atom stereocenters. The van der Waals surface area contributed by atoms with E-state index in [1.807, 2.05) is 13.8 Å². The van der Waals surface area contributed by atoms with Crippen molar-refractivity contribution in [1.29, 1.82) is 0 Å². The van der Waals surface area contributed by atoms with Crippen LogP contribution in [0.5, 0.6) is 0 Å². The van der Waals surface area contributed by atoms with Gasteiger partial charge in [-0.3, -0.25) is 4.79 Å². The molecule has 4 saturated carbocycles. The normalized spacial score (nSPS) is 42.1. The van der Waals surface area contributed by atoms with Gasteiger partial charge in [0.05, 0.1) is 5.41 Å². The van der Waals surface area contributed by atoms with E-state index in [0.717, 1.165) is 43.4 Å². The van der Waals surface area contributed by atoms with Gasteiger partial charge in [-0.05, 0) is 76.5 Å². The van der Waals surface area contributed by atoms with E-state index in [-0.39, 0.29) is 17.0 Å². The van der Waals surface area contributed by atoms with Gasteiger partial charge in [-0.2, -0.15) is 0 Å². The van der Waals surface area contributed by atoms with Crippen LogP contribution in [0, 0.1) is 23.2 Å². The SMILES string of the molecule is CCC(C)(C)C(=O)OC12CC3CC(CC(C3)C1)C2. The Bertz CT molecular complexity index is 321. The highest BCUT2D eigenvalue weighted by molar-refractivity contribution is 5.76. The van der Waals surface area contributed by atoms with E-state index in [1.54, 1.807) is 0 Å². The van der Waals surface area contributed by atoms with Crippen molar-refractivity contribution in [3.05, 3.63) is 0 Å². The molecule has 0 unspecified atom stereocenters. The van der Waals surface area contributed by atoms with Gasteiger partial charge in [0.1, 0.15) is 5.60 Å². The van der Waals surface area contributed by atoms with Gasteiger partial charge in [-0.25, -0.2) is 0 Å². The monoisotopic (exact) mass is 250 g/mol. The number of hydrogen-bond donors (Lipinski definition) is 0. The molecule has 2 heteroatoms. The van der Waals surface area contributed by atoms with Crippen LogP contribution in [-0.4, -0.2) is 11.6 Å². The summed E-state index contributed by atoms with van der Waals surface area (Å²) in [6.45, 7) is 6.09. The Balaban J connectivity index is 1.74. The van der Waals surface area contributed by atoms with Crippen LogP contribution in [0.3, 0.4) is 0 Å². The first-order chi connectivity index (χ1) is 8.42. The average molecular weight is 250 g/mol. The summed E-state index contributed by atoms with van der Waals surface area (Å²) in [7, 11) is 0. The quantitative estimate of drug-likeness (QED) is 0.709. The molecule has 4 fully saturated rings. The fourth-order valence-corrected chi connectivity index (χ4v) is 4.64. The summed E-state index contributed by atoms with van der Waals surface area (Å²) in [4.78, 5) is 12.4. The fourth-order valence-electron chi connectivity index (χ4n) is 4.64. The molecule has 0 aliphatic heterocycles. The third-order valence-electron chi connectivity index (χ3n) is 5.73. The highest BCUT2D eigenvalue weighted by Crippen LogP contribution is 2.57. The van der Waals surface area contributed by atoms with Gasteiger partial charge in [-0.1, -0.05) is 6.92 Å². The first-order valence-electron chi connectivity index (χ1n) is 7.66. The van der Waals surface area contributed by atoms with E-state index in [0.29, 0.717) is 0 Å². The average Bonchev–Trinajstić information content (AvgIpc) is 2.26. The van der Waals surface area contributed by atoms with E-state index in [4.69, 9.17) is 4.74 Å². The molecular formula is C16H26O2. The second kappa shape index (κ2) is 3.98. The first-order valence-corrected chi connectivity index (χ1v) is 7.66. The lowest BCUT2D eigenvalue weighted by molar-refractivity contribution is -0.195. The smallest absolute Gasteiger partial charge is 0.312 e. The number of esters is 1. The lowest BCUT2D eigenvalue weighted by atomic mass is 9.54. The predicted octanol–water partition coefficient (Wildman–Crippen LogP) is 3.93. The Morgan fingerprint density at radius 1 is 1.11 bits per heavy atom. The Morgan fingerprint density at radius 3 is 1.94 bits per heavy atom. The number of carbonyl (C=O) groups is 1. The lowest BCUT2D eigenvalue weighted by Gasteiger charge is -2.56. The molecule has 0 aromatic heterocycles.